The van der Waals surface area contributed by atoms with Gasteiger partial charge in [0.25, 0.3) is 0 Å². The van der Waals surface area contributed by atoms with Gasteiger partial charge >= 0.3 is 12.1 Å². The van der Waals surface area contributed by atoms with Crippen LogP contribution in [-0.4, -0.2) is 190 Å². The number of amides is 8. The Labute approximate surface area is 586 Å². The smallest absolute Gasteiger partial charge is 0.408 e. The fourth-order valence-corrected chi connectivity index (χ4v) is 11.2. The first-order valence-electron chi connectivity index (χ1n) is 34.0. The SMILES string of the molecule is C[C@H](NC(=O)[C@H](COC(C)(C)C)NC(=O)[C@@H](NC(=O)[C@@H](NC(=O)[C@H](COC(C)(C)C)NC(=O)[C@@H](NC(=O)[C@@H](NC(=O)OC(C)(C)C)[C@H](C)OC(C)(C)C)[C@H](C)OC(c1ccccc1)(c1ccccc1)c1ccccc1)[C@H](C)OC(C)(C)C)[C@H](C)OC(C)(C)C)C(=O)N1CCC[C@H]1C(=O)O. The van der Waals surface area contributed by atoms with Crippen molar-refractivity contribution in [1.82, 2.24) is 42.1 Å². The molecule has 12 atom stereocenters. The molecule has 1 heterocycles. The van der Waals surface area contributed by atoms with Crippen LogP contribution in [0, 0.1) is 0 Å². The van der Waals surface area contributed by atoms with Crippen LogP contribution in [0.5, 0.6) is 0 Å². The average Bonchev–Trinajstić information content (AvgIpc) is 1.15. The Morgan fingerprint density at radius 3 is 1.05 bits per heavy atom. The number of ether oxygens (including phenoxy) is 7. The van der Waals surface area contributed by atoms with E-state index in [0.717, 1.165) is 0 Å². The minimum atomic E-state index is -1.73. The number of alkyl carbamates (subject to hydrolysis) is 1. The third-order valence-electron chi connectivity index (χ3n) is 15.3. The molecule has 552 valence electrons. The zero-order chi connectivity index (χ0) is 75.0. The molecule has 1 aliphatic rings. The van der Waals surface area contributed by atoms with Gasteiger partial charge in [-0.1, -0.05) is 91.0 Å². The highest BCUT2D eigenvalue weighted by molar-refractivity contribution is 5.98. The zero-order valence-electron chi connectivity index (χ0n) is 62.6. The minimum Gasteiger partial charge on any atom is -0.480 e. The van der Waals surface area contributed by atoms with Crippen molar-refractivity contribution < 1.29 is 81.4 Å². The molecule has 3 aromatic rings. The first kappa shape index (κ1) is 83.9. The number of benzene rings is 3. The third-order valence-corrected chi connectivity index (χ3v) is 15.3. The number of hydrogen-bond donors (Lipinski definition) is 8. The summed E-state index contributed by atoms with van der Waals surface area (Å²) in [4.78, 5) is 132. The molecule has 0 aliphatic carbocycles. The fraction of sp³-hybridized carbons (Fsp3) is 0.635. The zero-order valence-corrected chi connectivity index (χ0v) is 62.6. The Bertz CT molecular complexity index is 3070. The molecule has 0 bridgehead atoms. The van der Waals surface area contributed by atoms with Gasteiger partial charge in [0.05, 0.1) is 65.6 Å². The van der Waals surface area contributed by atoms with Crippen LogP contribution in [0.1, 0.15) is 189 Å². The van der Waals surface area contributed by atoms with E-state index in [1.54, 1.807) is 138 Å². The first-order valence-corrected chi connectivity index (χ1v) is 34.0. The lowest BCUT2D eigenvalue weighted by Crippen LogP contribution is -2.65. The molecule has 8 N–H and O–H groups in total. The number of carboxylic acids is 1. The number of hydrogen-bond acceptors (Lipinski definition) is 16. The van der Waals surface area contributed by atoms with Crippen LogP contribution in [0.2, 0.25) is 0 Å². The van der Waals surface area contributed by atoms with Gasteiger partial charge in [0.1, 0.15) is 59.5 Å². The van der Waals surface area contributed by atoms with Crippen molar-refractivity contribution >= 4 is 53.4 Å². The van der Waals surface area contributed by atoms with E-state index < -0.39 is 179 Å². The monoisotopic (exact) mass is 1390 g/mol. The molecule has 25 nitrogen and oxygen atoms in total. The van der Waals surface area contributed by atoms with Gasteiger partial charge in [0, 0.05) is 6.54 Å². The Hall–Kier alpha value is -7.55. The number of carbonyl (C=O) groups is 9. The molecular formula is C74H114N8O17. The van der Waals surface area contributed by atoms with Gasteiger partial charge in [-0.25, -0.2) is 9.59 Å². The Morgan fingerprint density at radius 2 is 0.727 bits per heavy atom. The maximum atomic E-state index is 15.8. The van der Waals surface area contributed by atoms with E-state index in [-0.39, 0.29) is 13.0 Å². The summed E-state index contributed by atoms with van der Waals surface area (Å²) in [5.41, 5.74) is -5.05. The summed E-state index contributed by atoms with van der Waals surface area (Å²) in [6, 6.07) is 15.9. The second-order valence-corrected chi connectivity index (χ2v) is 31.2. The molecule has 1 saturated heterocycles. The van der Waals surface area contributed by atoms with Crippen molar-refractivity contribution in [3.8, 4) is 0 Å². The highest BCUT2D eigenvalue weighted by atomic mass is 16.6. The predicted octanol–water partition coefficient (Wildman–Crippen LogP) is 7.52. The molecule has 4 rings (SSSR count). The van der Waals surface area contributed by atoms with Crippen molar-refractivity contribution in [3.05, 3.63) is 108 Å². The van der Waals surface area contributed by atoms with E-state index in [2.05, 4.69) is 37.2 Å². The average molecular weight is 1390 g/mol. The van der Waals surface area contributed by atoms with E-state index in [0.29, 0.717) is 23.1 Å². The van der Waals surface area contributed by atoms with Gasteiger partial charge in [-0.3, -0.25) is 33.6 Å². The van der Waals surface area contributed by atoms with Gasteiger partial charge in [0.15, 0.2) is 0 Å². The lowest BCUT2D eigenvalue weighted by atomic mass is 9.79. The van der Waals surface area contributed by atoms with Crippen LogP contribution in [0.3, 0.4) is 0 Å². The van der Waals surface area contributed by atoms with Gasteiger partial charge in [0.2, 0.25) is 41.4 Å². The molecule has 99 heavy (non-hydrogen) atoms. The maximum Gasteiger partial charge on any atom is 0.408 e. The van der Waals surface area contributed by atoms with Gasteiger partial charge in [-0.15, -0.1) is 0 Å². The Kier molecular flexibility index (Phi) is 29.8. The molecule has 0 saturated carbocycles. The molecule has 0 unspecified atom stereocenters. The third kappa shape index (κ3) is 27.1. The highest BCUT2D eigenvalue weighted by Gasteiger charge is 2.46. The quantitative estimate of drug-likeness (QED) is 0.0289. The topological polar surface area (TPSA) is 326 Å². The normalized spacial score (nSPS) is 17.5. The van der Waals surface area contributed by atoms with Gasteiger partial charge < -0.3 is 80.4 Å². The molecule has 1 aliphatic heterocycles. The van der Waals surface area contributed by atoms with E-state index in [1.165, 1.54) is 25.7 Å². The second kappa shape index (κ2) is 35.2. The van der Waals surface area contributed by atoms with Gasteiger partial charge in [-0.05, 0) is 189 Å². The number of carboxylic acid groups (broad SMARTS) is 1. The van der Waals surface area contributed by atoms with Crippen LogP contribution >= 0.6 is 0 Å². The highest BCUT2D eigenvalue weighted by Crippen LogP contribution is 2.42. The second-order valence-electron chi connectivity index (χ2n) is 31.2. The van der Waals surface area contributed by atoms with Crippen molar-refractivity contribution in [2.24, 2.45) is 0 Å². The first-order chi connectivity index (χ1) is 45.5. The molecular weight excluding hydrogens is 1270 g/mol. The van der Waals surface area contributed by atoms with Crippen LogP contribution < -0.4 is 37.2 Å². The fourth-order valence-electron chi connectivity index (χ4n) is 11.2. The van der Waals surface area contributed by atoms with Crippen LogP contribution in [0.4, 0.5) is 4.79 Å². The number of likely N-dealkylation sites (tertiary alicyclic amines) is 1. The number of aliphatic carboxylic acids is 1. The standard InChI is InChI=1S/C74H114N8O17/c1-44(65(89)82-41-33-40-54(82)66(90)91)75-59(83)52(42-93-68(6,7)8)76-61(85)55(45(2)95-70(12,13)14)79-63(87)56(46(3)96-71(15,16)17)78-60(84)53(43-94-69(9,10)11)77-62(86)57(80-64(88)58(47(4)97-72(18,19)20)81-67(92)99-73(21,22)23)48(5)98-74(49-34-27-24-28-35-49,50-36-29-25-30-37-50)51-38-31-26-32-39-51/h24-32,34-39,44-48,52-58H,33,40-43H2,1-23H3,(H,75,83)(H,76,85)(H,77,86)(H,78,84)(H,79,87)(H,80,88)(H,81,92)(H,90,91)/t44-,45-,46-,47-,48-,52-,53-,54-,55-,56-,57-,58-/m0/s1. The molecule has 25 heteroatoms. The van der Waals surface area contributed by atoms with Crippen LogP contribution in [0.15, 0.2) is 91.0 Å². The molecule has 1 fully saturated rings. The van der Waals surface area contributed by atoms with Crippen LogP contribution in [-0.2, 0) is 77.1 Å². The van der Waals surface area contributed by atoms with E-state index in [4.69, 9.17) is 33.2 Å². The number of nitrogens with zero attached hydrogens (tertiary/aromatic N) is 1. The van der Waals surface area contributed by atoms with Gasteiger partial charge in [-0.2, -0.15) is 0 Å². The molecule has 0 radical (unpaired) electrons. The molecule has 0 aromatic heterocycles. The summed E-state index contributed by atoms with van der Waals surface area (Å²) in [6.45, 7) is 37.9. The Morgan fingerprint density at radius 1 is 0.414 bits per heavy atom. The Balaban J connectivity index is 1.90. The van der Waals surface area contributed by atoms with Crippen molar-refractivity contribution in [2.45, 2.75) is 284 Å². The molecule has 3 aromatic carbocycles. The van der Waals surface area contributed by atoms with Crippen molar-refractivity contribution in [1.29, 1.82) is 0 Å². The molecule has 8 amide bonds. The lowest BCUT2D eigenvalue weighted by molar-refractivity contribution is -0.149. The maximum absolute atomic E-state index is 15.8. The number of carbonyl (C=O) groups excluding carboxylic acids is 8. The summed E-state index contributed by atoms with van der Waals surface area (Å²) < 4.78 is 44.3. The number of nitrogens with one attached hydrogen (secondary N) is 7. The van der Waals surface area contributed by atoms with E-state index in [1.807, 2.05) is 91.0 Å². The van der Waals surface area contributed by atoms with Crippen molar-refractivity contribution in [2.75, 3.05) is 19.8 Å². The largest absolute Gasteiger partial charge is 0.480 e. The summed E-state index contributed by atoms with van der Waals surface area (Å²) in [5.74, 6) is -7.45. The summed E-state index contributed by atoms with van der Waals surface area (Å²) in [6.07, 6.45) is -5.00. The predicted molar refractivity (Wildman–Crippen MR) is 375 cm³/mol. The summed E-state index contributed by atoms with van der Waals surface area (Å²) in [7, 11) is 0. The van der Waals surface area contributed by atoms with Crippen LogP contribution in [0.25, 0.3) is 0 Å². The van der Waals surface area contributed by atoms with E-state index >= 15 is 19.2 Å². The molecule has 0 spiro atoms. The summed E-state index contributed by atoms with van der Waals surface area (Å²) >= 11 is 0. The summed E-state index contributed by atoms with van der Waals surface area (Å²) in [5, 5.41) is 29.0. The lowest BCUT2D eigenvalue weighted by Gasteiger charge is -2.40. The number of rotatable bonds is 31. The minimum absolute atomic E-state index is 0.166. The van der Waals surface area contributed by atoms with E-state index in [9.17, 15) is 29.1 Å². The van der Waals surface area contributed by atoms with Crippen molar-refractivity contribution in [3.63, 3.8) is 0 Å².